The second-order valence-corrected chi connectivity index (χ2v) is 6.22. The van der Waals surface area contributed by atoms with Gasteiger partial charge in [0.2, 0.25) is 5.91 Å². The molecule has 1 aromatic rings. The Morgan fingerprint density at radius 2 is 1.91 bits per heavy atom. The van der Waals surface area contributed by atoms with Crippen molar-refractivity contribution in [1.82, 2.24) is 10.2 Å². The third-order valence-corrected chi connectivity index (χ3v) is 4.01. The fourth-order valence-corrected chi connectivity index (χ4v) is 2.48. The summed E-state index contributed by atoms with van der Waals surface area (Å²) in [6.07, 6.45) is 3.74. The highest BCUT2D eigenvalue weighted by Crippen LogP contribution is 2.29. The van der Waals surface area contributed by atoms with E-state index in [1.54, 1.807) is 0 Å². The zero-order valence-electron chi connectivity index (χ0n) is 12.6. The molecule has 1 fully saturated rings. The molecule has 0 aliphatic heterocycles. The Bertz CT molecular complexity index is 515. The average molecular weight is 324 g/mol. The highest BCUT2D eigenvalue weighted by atomic mass is 35.5. The predicted molar refractivity (Wildman–Crippen MR) is 86.7 cm³/mol. The van der Waals surface area contributed by atoms with E-state index in [1.165, 1.54) is 18.4 Å². The fourth-order valence-electron chi connectivity index (χ4n) is 2.36. The van der Waals surface area contributed by atoms with Crippen molar-refractivity contribution in [1.29, 1.82) is 0 Å². The van der Waals surface area contributed by atoms with Crippen LogP contribution < -0.4 is 11.1 Å². The standard InChI is InChI=1S/C16H22ClN3O2/c17-14-5-3-12(4-6-14)7-9-20(11-13-1-2-13)10-8-15(21)19-16(18)22/h3-6,13H,1-2,7-11H2,(H3,18,19,21,22). The highest BCUT2D eigenvalue weighted by Gasteiger charge is 2.24. The van der Waals surface area contributed by atoms with Crippen LogP contribution in [0.3, 0.4) is 0 Å². The maximum Gasteiger partial charge on any atom is 0.318 e. The van der Waals surface area contributed by atoms with E-state index in [0.717, 1.165) is 30.5 Å². The Morgan fingerprint density at radius 3 is 2.50 bits per heavy atom. The summed E-state index contributed by atoms with van der Waals surface area (Å²) < 4.78 is 0. The van der Waals surface area contributed by atoms with Gasteiger partial charge in [0.25, 0.3) is 0 Å². The van der Waals surface area contributed by atoms with E-state index in [-0.39, 0.29) is 12.3 Å². The molecule has 0 spiro atoms. The lowest BCUT2D eigenvalue weighted by atomic mass is 10.1. The van der Waals surface area contributed by atoms with Gasteiger partial charge in [-0.1, -0.05) is 23.7 Å². The molecule has 0 unspecified atom stereocenters. The number of primary amides is 1. The molecule has 1 aromatic carbocycles. The topological polar surface area (TPSA) is 75.4 Å². The van der Waals surface area contributed by atoms with Crippen LogP contribution in [0.5, 0.6) is 0 Å². The maximum atomic E-state index is 11.5. The smallest absolute Gasteiger partial charge is 0.318 e. The fraction of sp³-hybridized carbons (Fsp3) is 0.500. The summed E-state index contributed by atoms with van der Waals surface area (Å²) in [5.41, 5.74) is 6.17. The number of imide groups is 1. The number of nitrogens with zero attached hydrogens (tertiary/aromatic N) is 1. The van der Waals surface area contributed by atoms with Crippen LogP contribution in [0.4, 0.5) is 4.79 Å². The van der Waals surface area contributed by atoms with Gasteiger partial charge in [0.15, 0.2) is 0 Å². The molecule has 0 bridgehead atoms. The molecular formula is C16H22ClN3O2. The molecule has 120 valence electrons. The molecular weight excluding hydrogens is 302 g/mol. The number of hydrogen-bond acceptors (Lipinski definition) is 3. The maximum absolute atomic E-state index is 11.5. The van der Waals surface area contributed by atoms with Gasteiger partial charge in [0, 0.05) is 31.1 Å². The molecule has 3 amide bonds. The van der Waals surface area contributed by atoms with E-state index in [2.05, 4.69) is 10.2 Å². The number of hydrogen-bond donors (Lipinski definition) is 2. The zero-order valence-corrected chi connectivity index (χ0v) is 13.3. The Kier molecular flexibility index (Phi) is 6.21. The van der Waals surface area contributed by atoms with Gasteiger partial charge in [0.1, 0.15) is 0 Å². The van der Waals surface area contributed by atoms with Crippen molar-refractivity contribution in [3.05, 3.63) is 34.9 Å². The van der Waals surface area contributed by atoms with Crippen LogP contribution in [0.15, 0.2) is 24.3 Å². The summed E-state index contributed by atoms with van der Waals surface area (Å²) in [4.78, 5) is 24.4. The first-order valence-corrected chi connectivity index (χ1v) is 7.97. The van der Waals surface area contributed by atoms with Crippen LogP contribution >= 0.6 is 11.6 Å². The number of benzene rings is 1. The van der Waals surface area contributed by atoms with Crippen molar-refractivity contribution in [3.63, 3.8) is 0 Å². The number of rotatable bonds is 8. The van der Waals surface area contributed by atoms with Crippen molar-refractivity contribution >= 4 is 23.5 Å². The lowest BCUT2D eigenvalue weighted by molar-refractivity contribution is -0.120. The first kappa shape index (κ1) is 16.8. The van der Waals surface area contributed by atoms with E-state index in [0.29, 0.717) is 6.54 Å². The molecule has 1 aliphatic rings. The molecule has 0 saturated heterocycles. The number of carbonyl (C=O) groups is 2. The number of urea groups is 1. The number of carbonyl (C=O) groups excluding carboxylic acids is 2. The van der Waals surface area contributed by atoms with Gasteiger partial charge in [0.05, 0.1) is 0 Å². The third kappa shape index (κ3) is 6.45. The predicted octanol–water partition coefficient (Wildman–Crippen LogP) is 2.18. The summed E-state index contributed by atoms with van der Waals surface area (Å²) in [5, 5.41) is 2.84. The van der Waals surface area contributed by atoms with E-state index in [4.69, 9.17) is 17.3 Å². The Balaban J connectivity index is 1.79. The second kappa shape index (κ2) is 8.15. The minimum absolute atomic E-state index is 0.288. The van der Waals surface area contributed by atoms with Crippen molar-refractivity contribution in [2.75, 3.05) is 19.6 Å². The van der Waals surface area contributed by atoms with Gasteiger partial charge in [-0.3, -0.25) is 10.1 Å². The lowest BCUT2D eigenvalue weighted by Gasteiger charge is -2.22. The minimum atomic E-state index is -0.792. The molecule has 0 heterocycles. The lowest BCUT2D eigenvalue weighted by Crippen LogP contribution is -2.38. The van der Waals surface area contributed by atoms with Crippen LogP contribution in [-0.2, 0) is 11.2 Å². The van der Waals surface area contributed by atoms with Gasteiger partial charge in [-0.15, -0.1) is 0 Å². The van der Waals surface area contributed by atoms with Crippen molar-refractivity contribution in [2.24, 2.45) is 11.7 Å². The molecule has 1 aliphatic carbocycles. The Morgan fingerprint density at radius 1 is 1.23 bits per heavy atom. The van der Waals surface area contributed by atoms with Crippen LogP contribution in [0.2, 0.25) is 5.02 Å². The van der Waals surface area contributed by atoms with Crippen LogP contribution in [0.25, 0.3) is 0 Å². The van der Waals surface area contributed by atoms with Crippen LogP contribution in [-0.4, -0.2) is 36.5 Å². The van der Waals surface area contributed by atoms with Crippen molar-refractivity contribution < 1.29 is 9.59 Å². The number of nitrogens with one attached hydrogen (secondary N) is 1. The normalized spacial score (nSPS) is 14.1. The van der Waals surface area contributed by atoms with Gasteiger partial charge in [-0.2, -0.15) is 0 Å². The molecule has 22 heavy (non-hydrogen) atoms. The van der Waals surface area contributed by atoms with Crippen molar-refractivity contribution in [2.45, 2.75) is 25.7 Å². The molecule has 0 aromatic heterocycles. The van der Waals surface area contributed by atoms with Gasteiger partial charge in [-0.05, 0) is 42.9 Å². The zero-order chi connectivity index (χ0) is 15.9. The van der Waals surface area contributed by atoms with Gasteiger partial charge < -0.3 is 10.6 Å². The minimum Gasteiger partial charge on any atom is -0.351 e. The van der Waals surface area contributed by atoms with E-state index in [1.807, 2.05) is 24.3 Å². The van der Waals surface area contributed by atoms with Crippen LogP contribution in [0, 0.1) is 5.92 Å². The van der Waals surface area contributed by atoms with E-state index >= 15 is 0 Å². The molecule has 3 N–H and O–H groups in total. The molecule has 6 heteroatoms. The molecule has 0 radical (unpaired) electrons. The molecule has 2 rings (SSSR count). The second-order valence-electron chi connectivity index (χ2n) is 5.78. The largest absolute Gasteiger partial charge is 0.351 e. The highest BCUT2D eigenvalue weighted by molar-refractivity contribution is 6.30. The quantitative estimate of drug-likeness (QED) is 0.770. The molecule has 5 nitrogen and oxygen atoms in total. The third-order valence-electron chi connectivity index (χ3n) is 3.76. The summed E-state index contributed by atoms with van der Waals surface area (Å²) >= 11 is 5.88. The first-order chi connectivity index (χ1) is 10.5. The van der Waals surface area contributed by atoms with Crippen molar-refractivity contribution in [3.8, 4) is 0 Å². The SMILES string of the molecule is NC(=O)NC(=O)CCN(CCc1ccc(Cl)cc1)CC1CC1. The number of halogens is 1. The number of nitrogens with two attached hydrogens (primary N) is 1. The number of amides is 3. The summed E-state index contributed by atoms with van der Waals surface area (Å²) in [6, 6.07) is 7.04. The average Bonchev–Trinajstić information content (AvgIpc) is 3.27. The monoisotopic (exact) mass is 323 g/mol. The summed E-state index contributed by atoms with van der Waals surface area (Å²) in [5.74, 6) is 0.434. The summed E-state index contributed by atoms with van der Waals surface area (Å²) in [7, 11) is 0. The van der Waals surface area contributed by atoms with E-state index in [9.17, 15) is 9.59 Å². The molecule has 1 saturated carbocycles. The Labute approximate surface area is 135 Å². The van der Waals surface area contributed by atoms with Crippen LogP contribution in [0.1, 0.15) is 24.8 Å². The molecule has 0 atom stereocenters. The van der Waals surface area contributed by atoms with Gasteiger partial charge >= 0.3 is 6.03 Å². The first-order valence-electron chi connectivity index (χ1n) is 7.59. The van der Waals surface area contributed by atoms with E-state index < -0.39 is 6.03 Å². The summed E-state index contributed by atoms with van der Waals surface area (Å²) in [6.45, 7) is 2.54. The Hall–Kier alpha value is -1.59. The van der Waals surface area contributed by atoms with Gasteiger partial charge in [-0.25, -0.2) is 4.79 Å².